The molecule has 3 aromatic rings. The molecule has 0 aliphatic carbocycles. The Morgan fingerprint density at radius 1 is 1.03 bits per heavy atom. The molecular formula is C26H24ClNO5. The molecule has 3 aromatic carbocycles. The third-order valence-corrected chi connectivity index (χ3v) is 5.60. The molecule has 4 rings (SSSR count). The average molecular weight is 466 g/mol. The quantitative estimate of drug-likeness (QED) is 0.421. The Morgan fingerprint density at radius 2 is 1.82 bits per heavy atom. The van der Waals surface area contributed by atoms with Crippen LogP contribution in [0.3, 0.4) is 0 Å². The zero-order valence-corrected chi connectivity index (χ0v) is 19.2. The molecule has 33 heavy (non-hydrogen) atoms. The Hall–Kier alpha value is -3.51. The second-order valence-corrected chi connectivity index (χ2v) is 8.07. The molecule has 0 saturated heterocycles. The van der Waals surface area contributed by atoms with Gasteiger partial charge in [0.2, 0.25) is 0 Å². The number of benzene rings is 3. The minimum Gasteiger partial charge on any atom is -0.489 e. The van der Waals surface area contributed by atoms with Gasteiger partial charge < -0.3 is 19.1 Å². The monoisotopic (exact) mass is 465 g/mol. The van der Waals surface area contributed by atoms with E-state index in [9.17, 15) is 9.59 Å². The van der Waals surface area contributed by atoms with Crippen LogP contribution in [-0.2, 0) is 22.7 Å². The van der Waals surface area contributed by atoms with E-state index in [1.807, 2.05) is 55.5 Å². The van der Waals surface area contributed by atoms with Crippen molar-refractivity contribution in [2.45, 2.75) is 27.0 Å². The zero-order chi connectivity index (χ0) is 23.4. The number of ether oxygens (including phenoxy) is 3. The maximum atomic E-state index is 12.9. The largest absolute Gasteiger partial charge is 0.489 e. The molecule has 0 atom stereocenters. The molecule has 6 nitrogen and oxygen atoms in total. The van der Waals surface area contributed by atoms with Crippen LogP contribution in [0.15, 0.2) is 60.7 Å². The second kappa shape index (κ2) is 9.96. The van der Waals surface area contributed by atoms with Crippen molar-refractivity contribution in [3.63, 3.8) is 0 Å². The summed E-state index contributed by atoms with van der Waals surface area (Å²) >= 11 is 5.98. The molecule has 0 N–H and O–H groups in total. The van der Waals surface area contributed by atoms with Gasteiger partial charge in [0.1, 0.15) is 18.1 Å². The standard InChI is InChI=1S/C26H24ClNO5/c1-3-31-25(29)16-33-23-12-7-18(13-17(23)2)15-32-24-6-4-5-21-22(24)14-28(26(21)30)20-10-8-19(27)9-11-20/h4-13H,3,14-16H2,1-2H3. The lowest BCUT2D eigenvalue weighted by Crippen LogP contribution is -2.22. The van der Waals surface area contributed by atoms with E-state index in [2.05, 4.69) is 0 Å². The third kappa shape index (κ3) is 5.12. The smallest absolute Gasteiger partial charge is 0.344 e. The van der Waals surface area contributed by atoms with Crippen LogP contribution >= 0.6 is 11.6 Å². The summed E-state index contributed by atoms with van der Waals surface area (Å²) < 4.78 is 16.5. The number of hydrogen-bond acceptors (Lipinski definition) is 5. The van der Waals surface area contributed by atoms with Crippen LogP contribution in [0.5, 0.6) is 11.5 Å². The molecule has 170 valence electrons. The first-order chi connectivity index (χ1) is 16.0. The second-order valence-electron chi connectivity index (χ2n) is 7.63. The van der Waals surface area contributed by atoms with Crippen molar-refractivity contribution in [2.24, 2.45) is 0 Å². The molecule has 0 bridgehead atoms. The normalized spacial score (nSPS) is 12.5. The van der Waals surface area contributed by atoms with Gasteiger partial charge in [-0.3, -0.25) is 4.79 Å². The zero-order valence-electron chi connectivity index (χ0n) is 18.5. The highest BCUT2D eigenvalue weighted by Crippen LogP contribution is 2.35. The van der Waals surface area contributed by atoms with E-state index in [4.69, 9.17) is 25.8 Å². The SMILES string of the molecule is CCOC(=O)COc1ccc(COc2cccc3c2CN(c2ccc(Cl)cc2)C3=O)cc1C. The highest BCUT2D eigenvalue weighted by Gasteiger charge is 2.31. The molecule has 0 aromatic heterocycles. The molecular weight excluding hydrogens is 442 g/mol. The van der Waals surface area contributed by atoms with Gasteiger partial charge in [0, 0.05) is 21.8 Å². The Morgan fingerprint density at radius 3 is 2.55 bits per heavy atom. The van der Waals surface area contributed by atoms with Crippen molar-refractivity contribution >= 4 is 29.2 Å². The lowest BCUT2D eigenvalue weighted by atomic mass is 10.1. The number of carbonyl (C=O) groups excluding carboxylic acids is 2. The fourth-order valence-electron chi connectivity index (χ4n) is 3.73. The topological polar surface area (TPSA) is 65.1 Å². The Kier molecular flexibility index (Phi) is 6.84. The van der Waals surface area contributed by atoms with E-state index in [1.165, 1.54) is 0 Å². The molecule has 0 fully saturated rings. The average Bonchev–Trinajstić information content (AvgIpc) is 3.15. The summed E-state index contributed by atoms with van der Waals surface area (Å²) in [5, 5.41) is 0.625. The molecule has 1 amide bonds. The number of nitrogens with zero attached hydrogens (tertiary/aromatic N) is 1. The third-order valence-electron chi connectivity index (χ3n) is 5.35. The van der Waals surface area contributed by atoms with E-state index in [0.717, 1.165) is 22.4 Å². The predicted octanol–water partition coefficient (Wildman–Crippen LogP) is 5.33. The van der Waals surface area contributed by atoms with Crippen molar-refractivity contribution in [2.75, 3.05) is 18.1 Å². The van der Waals surface area contributed by atoms with Crippen molar-refractivity contribution in [1.29, 1.82) is 0 Å². The van der Waals surface area contributed by atoms with Gasteiger partial charge in [-0.2, -0.15) is 0 Å². The van der Waals surface area contributed by atoms with E-state index in [1.54, 1.807) is 24.0 Å². The van der Waals surface area contributed by atoms with Gasteiger partial charge >= 0.3 is 5.97 Å². The van der Waals surface area contributed by atoms with Crippen LogP contribution in [0.1, 0.15) is 34.0 Å². The fraction of sp³-hybridized carbons (Fsp3) is 0.231. The summed E-state index contributed by atoms with van der Waals surface area (Å²) in [4.78, 5) is 26.1. The summed E-state index contributed by atoms with van der Waals surface area (Å²) in [6.45, 7) is 4.64. The van der Waals surface area contributed by atoms with Crippen LogP contribution in [0.4, 0.5) is 5.69 Å². The van der Waals surface area contributed by atoms with Gasteiger partial charge in [-0.25, -0.2) is 4.79 Å². The van der Waals surface area contributed by atoms with Crippen molar-refractivity contribution < 1.29 is 23.8 Å². The van der Waals surface area contributed by atoms with Crippen LogP contribution in [0.25, 0.3) is 0 Å². The van der Waals surface area contributed by atoms with Gasteiger partial charge in [0.25, 0.3) is 5.91 Å². The fourth-order valence-corrected chi connectivity index (χ4v) is 3.86. The van der Waals surface area contributed by atoms with E-state index < -0.39 is 5.97 Å². The van der Waals surface area contributed by atoms with Crippen LogP contribution in [-0.4, -0.2) is 25.1 Å². The van der Waals surface area contributed by atoms with Crippen LogP contribution < -0.4 is 14.4 Å². The highest BCUT2D eigenvalue weighted by molar-refractivity contribution is 6.30. The lowest BCUT2D eigenvalue weighted by Gasteiger charge is -2.16. The summed E-state index contributed by atoms with van der Waals surface area (Å²) in [5.74, 6) is 0.843. The number of fused-ring (bicyclic) bond motifs is 1. The summed E-state index contributed by atoms with van der Waals surface area (Å²) in [7, 11) is 0. The summed E-state index contributed by atoms with van der Waals surface area (Å²) in [6, 6.07) is 18.4. The van der Waals surface area contributed by atoms with Gasteiger partial charge in [-0.15, -0.1) is 0 Å². The Bertz CT molecular complexity index is 1180. The highest BCUT2D eigenvalue weighted by atomic mass is 35.5. The van der Waals surface area contributed by atoms with Gasteiger partial charge in [-0.1, -0.05) is 23.7 Å². The molecule has 1 aliphatic heterocycles. The number of hydrogen-bond donors (Lipinski definition) is 0. The first-order valence-electron chi connectivity index (χ1n) is 10.7. The molecule has 1 aliphatic rings. The molecule has 0 radical (unpaired) electrons. The molecule has 0 unspecified atom stereocenters. The maximum Gasteiger partial charge on any atom is 0.344 e. The van der Waals surface area contributed by atoms with Crippen molar-refractivity contribution in [3.8, 4) is 11.5 Å². The molecule has 1 heterocycles. The van der Waals surface area contributed by atoms with E-state index in [-0.39, 0.29) is 12.5 Å². The van der Waals surface area contributed by atoms with E-state index >= 15 is 0 Å². The molecule has 7 heteroatoms. The first kappa shape index (κ1) is 22.7. The predicted molar refractivity (Wildman–Crippen MR) is 126 cm³/mol. The maximum absolute atomic E-state index is 12.9. The van der Waals surface area contributed by atoms with Gasteiger partial charge in [-0.05, 0) is 73.5 Å². The summed E-state index contributed by atoms with van der Waals surface area (Å²) in [6.07, 6.45) is 0. The Labute approximate surface area is 197 Å². The molecule has 0 saturated carbocycles. The number of halogens is 1. The minimum atomic E-state index is -0.399. The van der Waals surface area contributed by atoms with Crippen molar-refractivity contribution in [1.82, 2.24) is 0 Å². The number of rotatable bonds is 8. The van der Waals surface area contributed by atoms with Crippen LogP contribution in [0, 0.1) is 6.92 Å². The number of amides is 1. The minimum absolute atomic E-state index is 0.0586. The Balaban J connectivity index is 1.43. The number of aryl methyl sites for hydroxylation is 1. The number of esters is 1. The summed E-state index contributed by atoms with van der Waals surface area (Å²) in [5.41, 5.74) is 4.14. The van der Waals surface area contributed by atoms with Gasteiger partial charge in [0.05, 0.1) is 13.2 Å². The lowest BCUT2D eigenvalue weighted by molar-refractivity contribution is -0.145. The van der Waals surface area contributed by atoms with Crippen molar-refractivity contribution in [3.05, 3.63) is 87.9 Å². The molecule has 0 spiro atoms. The number of carbonyl (C=O) groups is 2. The number of anilines is 1. The van der Waals surface area contributed by atoms with E-state index in [0.29, 0.717) is 41.8 Å². The first-order valence-corrected chi connectivity index (χ1v) is 11.0. The van der Waals surface area contributed by atoms with Gasteiger partial charge in [0.15, 0.2) is 6.61 Å². The van der Waals surface area contributed by atoms with Crippen LogP contribution in [0.2, 0.25) is 5.02 Å².